The summed E-state index contributed by atoms with van der Waals surface area (Å²) in [5.74, 6) is -1.13. The van der Waals surface area contributed by atoms with Crippen molar-refractivity contribution >= 4 is 17.5 Å². The van der Waals surface area contributed by atoms with Gasteiger partial charge in [-0.05, 0) is 7.05 Å². The zero-order valence-corrected chi connectivity index (χ0v) is 10.9. The van der Waals surface area contributed by atoms with E-state index in [2.05, 4.69) is 10.1 Å². The average Bonchev–Trinajstić information content (AvgIpc) is 2.90. The molecule has 106 valence electrons. The highest BCUT2D eigenvalue weighted by Gasteiger charge is 2.41. The Hall–Kier alpha value is -2.42. The molecule has 1 fully saturated rings. The molecule has 2 aliphatic rings. The largest absolute Gasteiger partial charge is 0.441 e. The quantitative estimate of drug-likeness (QED) is 0.525. The first-order valence-corrected chi connectivity index (χ1v) is 6.03. The summed E-state index contributed by atoms with van der Waals surface area (Å²) in [6, 6.07) is 0. The van der Waals surface area contributed by atoms with Crippen molar-refractivity contribution in [3.05, 3.63) is 17.9 Å². The fourth-order valence-electron chi connectivity index (χ4n) is 1.95. The van der Waals surface area contributed by atoms with E-state index in [1.54, 1.807) is 11.9 Å². The van der Waals surface area contributed by atoms with Gasteiger partial charge in [0.1, 0.15) is 0 Å². The number of nitrogens with zero attached hydrogens (tertiary/aromatic N) is 4. The van der Waals surface area contributed by atoms with Gasteiger partial charge in [-0.1, -0.05) is 12.1 Å². The monoisotopic (exact) mass is 280 g/mol. The number of hydrogen-bond donors (Lipinski definition) is 0. The molecule has 1 aromatic heterocycles. The molecule has 3 heterocycles. The van der Waals surface area contributed by atoms with Crippen LogP contribution in [0.2, 0.25) is 0 Å². The summed E-state index contributed by atoms with van der Waals surface area (Å²) in [6.45, 7) is 2.33. The van der Waals surface area contributed by atoms with Gasteiger partial charge in [0, 0.05) is 18.5 Å². The molecule has 0 aromatic carbocycles. The molecule has 2 aliphatic heterocycles. The van der Waals surface area contributed by atoms with Crippen LogP contribution in [0.25, 0.3) is 5.57 Å². The zero-order chi connectivity index (χ0) is 14.3. The van der Waals surface area contributed by atoms with E-state index in [-0.39, 0.29) is 0 Å². The number of fused-ring (bicyclic) bond motifs is 1. The number of rotatable bonds is 2. The SMILES string of the molecule is CCc1nc(C2=CN3OC(=O)C(=O)OC3N(C)C2)no1. The Morgan fingerprint density at radius 1 is 1.40 bits per heavy atom. The summed E-state index contributed by atoms with van der Waals surface area (Å²) in [6.07, 6.45) is 1.38. The lowest BCUT2D eigenvalue weighted by Gasteiger charge is -2.40. The van der Waals surface area contributed by atoms with Gasteiger partial charge in [-0.3, -0.25) is 0 Å². The van der Waals surface area contributed by atoms with Crippen molar-refractivity contribution in [1.29, 1.82) is 0 Å². The van der Waals surface area contributed by atoms with Crippen LogP contribution in [0.4, 0.5) is 0 Å². The molecular weight excluding hydrogens is 268 g/mol. The van der Waals surface area contributed by atoms with Crippen LogP contribution in [0.5, 0.6) is 0 Å². The Morgan fingerprint density at radius 2 is 2.20 bits per heavy atom. The Balaban J connectivity index is 1.89. The van der Waals surface area contributed by atoms with Gasteiger partial charge in [0.15, 0.2) is 0 Å². The first-order valence-electron chi connectivity index (χ1n) is 6.03. The van der Waals surface area contributed by atoms with Gasteiger partial charge in [0.25, 0.3) is 6.35 Å². The number of hydroxylamine groups is 2. The van der Waals surface area contributed by atoms with E-state index in [9.17, 15) is 9.59 Å². The molecule has 0 saturated carbocycles. The van der Waals surface area contributed by atoms with Crippen molar-refractivity contribution in [2.45, 2.75) is 19.7 Å². The van der Waals surface area contributed by atoms with Crippen LogP contribution in [-0.2, 0) is 25.6 Å². The van der Waals surface area contributed by atoms with Gasteiger partial charge in [-0.25, -0.2) is 14.5 Å². The zero-order valence-electron chi connectivity index (χ0n) is 10.9. The van der Waals surface area contributed by atoms with Gasteiger partial charge in [0.2, 0.25) is 11.7 Å². The number of esters is 1. The molecule has 9 heteroatoms. The van der Waals surface area contributed by atoms with Crippen LogP contribution in [0, 0.1) is 0 Å². The van der Waals surface area contributed by atoms with Crippen molar-refractivity contribution in [2.75, 3.05) is 13.6 Å². The molecule has 0 aliphatic carbocycles. The maximum atomic E-state index is 11.2. The van der Waals surface area contributed by atoms with Crippen LogP contribution >= 0.6 is 0 Å². The summed E-state index contributed by atoms with van der Waals surface area (Å²) in [5.41, 5.74) is 0.693. The van der Waals surface area contributed by atoms with E-state index in [1.165, 1.54) is 6.20 Å². The Morgan fingerprint density at radius 3 is 2.90 bits per heavy atom. The van der Waals surface area contributed by atoms with Crippen molar-refractivity contribution in [3.63, 3.8) is 0 Å². The molecule has 0 bridgehead atoms. The lowest BCUT2D eigenvalue weighted by Crippen LogP contribution is -2.56. The second-order valence-electron chi connectivity index (χ2n) is 4.40. The smallest absolute Gasteiger partial charge is 0.416 e. The third-order valence-corrected chi connectivity index (χ3v) is 2.92. The lowest BCUT2D eigenvalue weighted by atomic mass is 10.2. The number of hydrogen-bond acceptors (Lipinski definition) is 9. The Kier molecular flexibility index (Phi) is 2.90. The van der Waals surface area contributed by atoms with E-state index in [1.807, 2.05) is 6.92 Å². The predicted molar refractivity (Wildman–Crippen MR) is 62.1 cm³/mol. The molecule has 9 nitrogen and oxygen atoms in total. The van der Waals surface area contributed by atoms with E-state index in [0.717, 1.165) is 5.06 Å². The maximum Gasteiger partial charge on any atom is 0.441 e. The van der Waals surface area contributed by atoms with Gasteiger partial charge in [-0.2, -0.15) is 10.0 Å². The van der Waals surface area contributed by atoms with Crippen molar-refractivity contribution in [2.24, 2.45) is 0 Å². The first kappa shape index (κ1) is 12.6. The third-order valence-electron chi connectivity index (χ3n) is 2.92. The van der Waals surface area contributed by atoms with Crippen LogP contribution in [0.15, 0.2) is 10.7 Å². The molecule has 1 atom stereocenters. The minimum atomic E-state index is -1.06. The van der Waals surface area contributed by atoms with Gasteiger partial charge in [-0.15, -0.1) is 0 Å². The highest BCUT2D eigenvalue weighted by molar-refractivity contribution is 6.30. The fourth-order valence-corrected chi connectivity index (χ4v) is 1.95. The molecule has 1 unspecified atom stereocenters. The molecule has 0 amide bonds. The van der Waals surface area contributed by atoms with E-state index in [4.69, 9.17) is 14.1 Å². The summed E-state index contributed by atoms with van der Waals surface area (Å²) < 4.78 is 10.00. The van der Waals surface area contributed by atoms with E-state index < -0.39 is 18.3 Å². The minimum Gasteiger partial charge on any atom is -0.416 e. The van der Waals surface area contributed by atoms with E-state index >= 15 is 0 Å². The van der Waals surface area contributed by atoms with Crippen LogP contribution in [-0.4, -0.2) is 52.0 Å². The number of likely N-dealkylation sites (N-methyl/N-ethyl adjacent to an activating group) is 1. The van der Waals surface area contributed by atoms with E-state index in [0.29, 0.717) is 30.3 Å². The number of aromatic nitrogens is 2. The van der Waals surface area contributed by atoms with Crippen LogP contribution in [0.3, 0.4) is 0 Å². The molecule has 1 saturated heterocycles. The standard InChI is InChI=1S/C11H12N4O5/c1-3-7-12-8(13-19-7)6-4-14(2)11-15(5-6)20-10(17)9(16)18-11/h5,11H,3-4H2,1-2H3. The summed E-state index contributed by atoms with van der Waals surface area (Å²) >= 11 is 0. The predicted octanol–water partition coefficient (Wildman–Crippen LogP) is -0.481. The highest BCUT2D eigenvalue weighted by Crippen LogP contribution is 2.25. The number of ether oxygens (including phenoxy) is 1. The van der Waals surface area contributed by atoms with Gasteiger partial charge in [0.05, 0.1) is 6.20 Å². The molecule has 1 aromatic rings. The number of carbonyl (C=O) groups excluding carboxylic acids is 2. The Bertz CT molecular complexity index is 595. The van der Waals surface area contributed by atoms with Crippen LogP contribution in [0.1, 0.15) is 18.6 Å². The number of aryl methyl sites for hydroxylation is 1. The van der Waals surface area contributed by atoms with Crippen molar-refractivity contribution in [1.82, 2.24) is 20.1 Å². The topological polar surface area (TPSA) is 98.0 Å². The highest BCUT2D eigenvalue weighted by atomic mass is 16.8. The molecule has 3 rings (SSSR count). The van der Waals surface area contributed by atoms with Gasteiger partial charge >= 0.3 is 11.9 Å². The van der Waals surface area contributed by atoms with Gasteiger partial charge < -0.3 is 14.1 Å². The normalized spacial score (nSPS) is 23.0. The fraction of sp³-hybridized carbons (Fsp3) is 0.455. The van der Waals surface area contributed by atoms with Crippen LogP contribution < -0.4 is 0 Å². The van der Waals surface area contributed by atoms with Crippen molar-refractivity contribution in [3.8, 4) is 0 Å². The average molecular weight is 280 g/mol. The molecule has 0 N–H and O–H groups in total. The lowest BCUT2D eigenvalue weighted by molar-refractivity contribution is -0.277. The Labute approximate surface area is 113 Å². The molecule has 0 radical (unpaired) electrons. The second kappa shape index (κ2) is 4.60. The summed E-state index contributed by atoms with van der Waals surface area (Å²) in [7, 11) is 1.72. The number of carbonyl (C=O) groups is 2. The van der Waals surface area contributed by atoms with Crippen molar-refractivity contribution < 1.29 is 23.7 Å². The summed E-state index contributed by atoms with van der Waals surface area (Å²) in [4.78, 5) is 33.2. The maximum absolute atomic E-state index is 11.2. The second-order valence-corrected chi connectivity index (χ2v) is 4.40. The molecule has 20 heavy (non-hydrogen) atoms. The first-order chi connectivity index (χ1) is 9.58. The summed E-state index contributed by atoms with van der Waals surface area (Å²) in [5, 5.41) is 5.02. The molecular formula is C11H12N4O5. The minimum absolute atomic E-state index is 0.417. The third kappa shape index (κ3) is 2.01. The molecule has 0 spiro atoms.